The van der Waals surface area contributed by atoms with Gasteiger partial charge in [-0.25, -0.2) is 9.59 Å². The Balaban J connectivity index is 4.44. The maximum absolute atomic E-state index is 11.5. The molecule has 9 heteroatoms. The van der Waals surface area contributed by atoms with Gasteiger partial charge in [-0.2, -0.15) is 0 Å². The molecule has 3 amide bonds. The van der Waals surface area contributed by atoms with E-state index in [0.29, 0.717) is 0 Å². The highest BCUT2D eigenvalue weighted by Crippen LogP contribution is 2.12. The lowest BCUT2D eigenvalue weighted by Crippen LogP contribution is -2.50. The number of nitrogens with one attached hydrogen (secondary N) is 3. The Labute approximate surface area is 115 Å². The third-order valence-corrected chi connectivity index (χ3v) is 2.51. The summed E-state index contributed by atoms with van der Waals surface area (Å²) in [5.41, 5.74) is -0.877. The fourth-order valence-corrected chi connectivity index (χ4v) is 1.30. The molecule has 0 rings (SSSR count). The summed E-state index contributed by atoms with van der Waals surface area (Å²) in [6.45, 7) is 3.16. The van der Waals surface area contributed by atoms with Gasteiger partial charge in [0, 0.05) is 13.6 Å². The number of carboxylic acid groups (broad SMARTS) is 2. The fourth-order valence-electron chi connectivity index (χ4n) is 1.30. The molecule has 0 spiro atoms. The second-order valence-electron chi connectivity index (χ2n) is 4.78. The molecule has 0 radical (unpaired) electrons. The van der Waals surface area contributed by atoms with E-state index in [0.717, 1.165) is 0 Å². The van der Waals surface area contributed by atoms with Crippen LogP contribution in [0.4, 0.5) is 4.79 Å². The monoisotopic (exact) mass is 289 g/mol. The average Bonchev–Trinajstić information content (AvgIpc) is 2.34. The molecule has 0 aromatic carbocycles. The zero-order valence-electron chi connectivity index (χ0n) is 11.5. The molecular formula is C11H19N3O6. The zero-order valence-corrected chi connectivity index (χ0v) is 11.5. The van der Waals surface area contributed by atoms with Crippen LogP contribution < -0.4 is 16.0 Å². The van der Waals surface area contributed by atoms with Crippen LogP contribution in [-0.4, -0.2) is 53.7 Å². The highest BCUT2D eigenvalue weighted by Gasteiger charge is 2.28. The van der Waals surface area contributed by atoms with E-state index in [1.807, 2.05) is 5.32 Å². The van der Waals surface area contributed by atoms with E-state index in [4.69, 9.17) is 10.2 Å². The normalized spacial score (nSPS) is 12.2. The van der Waals surface area contributed by atoms with Gasteiger partial charge in [0.05, 0.1) is 11.8 Å². The lowest BCUT2D eigenvalue weighted by atomic mass is 9.92. The smallest absolute Gasteiger partial charge is 0.326 e. The lowest BCUT2D eigenvalue weighted by molar-refractivity contribution is -0.145. The van der Waals surface area contributed by atoms with E-state index >= 15 is 0 Å². The first-order valence-corrected chi connectivity index (χ1v) is 5.81. The first-order chi connectivity index (χ1) is 9.10. The van der Waals surface area contributed by atoms with Gasteiger partial charge in [0.15, 0.2) is 0 Å². The number of amides is 3. The standard InChI is InChI=1S/C11H19N3O6/c1-11(2,9(19)12-3)5-13-10(20)14-6(8(17)18)4-7(15)16/h6H,4-5H2,1-3H3,(H,12,19)(H,15,16)(H,17,18)(H2,13,14,20)/t6-/m0/s1. The number of urea groups is 1. The van der Waals surface area contributed by atoms with Gasteiger partial charge < -0.3 is 26.2 Å². The second-order valence-corrected chi connectivity index (χ2v) is 4.78. The topological polar surface area (TPSA) is 145 Å². The van der Waals surface area contributed by atoms with Crippen LogP contribution in [0.25, 0.3) is 0 Å². The van der Waals surface area contributed by atoms with Crippen molar-refractivity contribution in [2.24, 2.45) is 5.41 Å². The Morgan fingerprint density at radius 1 is 1.15 bits per heavy atom. The minimum absolute atomic E-state index is 0.0298. The second kappa shape index (κ2) is 7.31. The van der Waals surface area contributed by atoms with E-state index < -0.39 is 35.8 Å². The highest BCUT2D eigenvalue weighted by molar-refractivity contribution is 5.87. The molecule has 0 aromatic heterocycles. The Morgan fingerprint density at radius 3 is 2.10 bits per heavy atom. The largest absolute Gasteiger partial charge is 0.481 e. The van der Waals surface area contributed by atoms with Gasteiger partial charge in [-0.15, -0.1) is 0 Å². The van der Waals surface area contributed by atoms with Gasteiger partial charge in [0.1, 0.15) is 6.04 Å². The Bertz CT molecular complexity index is 407. The third-order valence-electron chi connectivity index (χ3n) is 2.51. The number of carbonyl (C=O) groups excluding carboxylic acids is 2. The summed E-state index contributed by atoms with van der Waals surface area (Å²) in [4.78, 5) is 44.2. The molecule has 0 saturated heterocycles. The lowest BCUT2D eigenvalue weighted by Gasteiger charge is -2.23. The van der Waals surface area contributed by atoms with E-state index in [2.05, 4.69) is 10.6 Å². The Kier molecular flexibility index (Phi) is 6.47. The Hall–Kier alpha value is -2.32. The summed E-state index contributed by atoms with van der Waals surface area (Å²) in [5.74, 6) is -3.09. The minimum Gasteiger partial charge on any atom is -0.481 e. The van der Waals surface area contributed by atoms with Gasteiger partial charge in [-0.3, -0.25) is 9.59 Å². The molecule has 20 heavy (non-hydrogen) atoms. The van der Waals surface area contributed by atoms with Crippen LogP contribution >= 0.6 is 0 Å². The zero-order chi connectivity index (χ0) is 15.9. The Morgan fingerprint density at radius 2 is 1.70 bits per heavy atom. The molecule has 1 atom stereocenters. The molecule has 0 fully saturated rings. The summed E-state index contributed by atoms with van der Waals surface area (Å²) < 4.78 is 0. The maximum atomic E-state index is 11.5. The number of hydrogen-bond acceptors (Lipinski definition) is 4. The van der Waals surface area contributed by atoms with Crippen LogP contribution in [0.2, 0.25) is 0 Å². The molecule has 9 nitrogen and oxygen atoms in total. The molecule has 0 aromatic rings. The van der Waals surface area contributed by atoms with Crippen LogP contribution in [0, 0.1) is 5.41 Å². The quantitative estimate of drug-likeness (QED) is 0.406. The van der Waals surface area contributed by atoms with Crippen molar-refractivity contribution in [2.75, 3.05) is 13.6 Å². The van der Waals surface area contributed by atoms with E-state index in [9.17, 15) is 19.2 Å². The van der Waals surface area contributed by atoms with Crippen molar-refractivity contribution < 1.29 is 29.4 Å². The van der Waals surface area contributed by atoms with Gasteiger partial charge in [0.2, 0.25) is 5.91 Å². The van der Waals surface area contributed by atoms with Crippen molar-refractivity contribution in [1.82, 2.24) is 16.0 Å². The van der Waals surface area contributed by atoms with Crippen molar-refractivity contribution >= 4 is 23.9 Å². The maximum Gasteiger partial charge on any atom is 0.326 e. The van der Waals surface area contributed by atoms with Crippen molar-refractivity contribution in [2.45, 2.75) is 26.3 Å². The van der Waals surface area contributed by atoms with E-state index in [-0.39, 0.29) is 12.5 Å². The predicted molar refractivity (Wildman–Crippen MR) is 68.1 cm³/mol. The summed E-state index contributed by atoms with van der Waals surface area (Å²) in [5, 5.41) is 24.1. The molecule has 0 unspecified atom stereocenters. The molecule has 0 saturated carbocycles. The molecule has 0 heterocycles. The molecule has 5 N–H and O–H groups in total. The third kappa shape index (κ3) is 6.03. The number of carboxylic acids is 2. The van der Waals surface area contributed by atoms with Crippen LogP contribution in [0.1, 0.15) is 20.3 Å². The molecule has 114 valence electrons. The summed E-state index contributed by atoms with van der Waals surface area (Å²) >= 11 is 0. The van der Waals surface area contributed by atoms with Crippen LogP contribution in [0.5, 0.6) is 0 Å². The van der Waals surface area contributed by atoms with E-state index in [1.54, 1.807) is 13.8 Å². The van der Waals surface area contributed by atoms with Crippen molar-refractivity contribution in [3.05, 3.63) is 0 Å². The molecular weight excluding hydrogens is 270 g/mol. The minimum atomic E-state index is -1.53. The van der Waals surface area contributed by atoms with Gasteiger partial charge in [-0.1, -0.05) is 0 Å². The fraction of sp³-hybridized carbons (Fsp3) is 0.636. The van der Waals surface area contributed by atoms with Gasteiger partial charge in [-0.05, 0) is 13.8 Å². The molecule has 0 aliphatic heterocycles. The number of carbonyl (C=O) groups is 4. The summed E-state index contributed by atoms with van der Waals surface area (Å²) in [6, 6.07) is -2.38. The first kappa shape index (κ1) is 17.7. The summed E-state index contributed by atoms with van der Waals surface area (Å²) in [6.07, 6.45) is -0.735. The van der Waals surface area contributed by atoms with Gasteiger partial charge in [0.25, 0.3) is 0 Å². The van der Waals surface area contributed by atoms with Crippen molar-refractivity contribution in [3.63, 3.8) is 0 Å². The molecule has 0 bridgehead atoms. The van der Waals surface area contributed by atoms with Crippen LogP contribution in [-0.2, 0) is 14.4 Å². The first-order valence-electron chi connectivity index (χ1n) is 5.81. The van der Waals surface area contributed by atoms with Crippen molar-refractivity contribution in [1.29, 1.82) is 0 Å². The van der Waals surface area contributed by atoms with Crippen LogP contribution in [0.15, 0.2) is 0 Å². The van der Waals surface area contributed by atoms with Crippen LogP contribution in [0.3, 0.4) is 0 Å². The van der Waals surface area contributed by atoms with Crippen molar-refractivity contribution in [3.8, 4) is 0 Å². The molecule has 0 aliphatic rings. The molecule has 0 aliphatic carbocycles. The number of rotatable bonds is 7. The number of hydrogen-bond donors (Lipinski definition) is 5. The van der Waals surface area contributed by atoms with E-state index in [1.165, 1.54) is 7.05 Å². The average molecular weight is 289 g/mol. The predicted octanol–water partition coefficient (Wildman–Crippen LogP) is -1.01. The summed E-state index contributed by atoms with van der Waals surface area (Å²) in [7, 11) is 1.46. The SMILES string of the molecule is CNC(=O)C(C)(C)CNC(=O)N[C@@H](CC(=O)O)C(=O)O. The highest BCUT2D eigenvalue weighted by atomic mass is 16.4. The van der Waals surface area contributed by atoms with Gasteiger partial charge >= 0.3 is 18.0 Å². The number of aliphatic carboxylic acids is 2.